The van der Waals surface area contributed by atoms with E-state index in [1.54, 1.807) is 0 Å². The van der Waals surface area contributed by atoms with E-state index >= 15 is 0 Å². The molecule has 0 spiro atoms. The normalized spacial score (nSPS) is 11.9. The average Bonchev–Trinajstić information content (AvgIpc) is 2.21. The molecule has 1 aromatic rings. The van der Waals surface area contributed by atoms with Crippen LogP contribution in [0.1, 0.15) is 20.3 Å². The van der Waals surface area contributed by atoms with Crippen molar-refractivity contribution in [1.29, 1.82) is 0 Å². The molecule has 1 aromatic carbocycles. The fourth-order valence-electron chi connectivity index (χ4n) is 1.03. The van der Waals surface area contributed by atoms with Gasteiger partial charge in [0, 0.05) is 16.2 Å². The van der Waals surface area contributed by atoms with Crippen LogP contribution in [0.4, 0.5) is 10.5 Å². The Balaban J connectivity index is 2.48. The van der Waals surface area contributed by atoms with Crippen molar-refractivity contribution in [2.24, 2.45) is 0 Å². The molecule has 0 saturated heterocycles. The molecular weight excluding hydrogens is 256 g/mol. The molecule has 3 nitrogen and oxygen atoms in total. The molecule has 0 aliphatic carbocycles. The maximum absolute atomic E-state index is 11.4. The van der Waals surface area contributed by atoms with Gasteiger partial charge in [0.15, 0.2) is 0 Å². The molecule has 15 heavy (non-hydrogen) atoms. The summed E-state index contributed by atoms with van der Waals surface area (Å²) in [5.41, 5.74) is 0.791. The lowest BCUT2D eigenvalue weighted by Crippen LogP contribution is -2.35. The number of benzene rings is 1. The van der Waals surface area contributed by atoms with Gasteiger partial charge in [-0.15, -0.1) is 0 Å². The van der Waals surface area contributed by atoms with Gasteiger partial charge in [0.25, 0.3) is 0 Å². The van der Waals surface area contributed by atoms with Crippen LogP contribution in [0.25, 0.3) is 0 Å². The quantitative estimate of drug-likeness (QED) is 0.869. The first-order valence-electron chi connectivity index (χ1n) is 4.95. The largest absolute Gasteiger partial charge is 0.335 e. The number of amides is 2. The zero-order chi connectivity index (χ0) is 11.3. The number of anilines is 1. The van der Waals surface area contributed by atoms with Crippen LogP contribution in [0.3, 0.4) is 0 Å². The van der Waals surface area contributed by atoms with Crippen molar-refractivity contribution < 1.29 is 4.79 Å². The summed E-state index contributed by atoms with van der Waals surface area (Å²) in [7, 11) is 0. The van der Waals surface area contributed by atoms with E-state index in [1.807, 2.05) is 38.1 Å². The SMILES string of the molecule is CCC(C)NC(=O)Nc1ccc(Br)cc1. The minimum Gasteiger partial charge on any atom is -0.335 e. The van der Waals surface area contributed by atoms with Crippen LogP contribution in [0.2, 0.25) is 0 Å². The number of carbonyl (C=O) groups is 1. The molecule has 0 aliphatic heterocycles. The topological polar surface area (TPSA) is 41.1 Å². The predicted octanol–water partition coefficient (Wildman–Crippen LogP) is 3.37. The van der Waals surface area contributed by atoms with Crippen molar-refractivity contribution >= 4 is 27.6 Å². The van der Waals surface area contributed by atoms with Gasteiger partial charge in [-0.3, -0.25) is 0 Å². The fourth-order valence-corrected chi connectivity index (χ4v) is 1.29. The third-order valence-corrected chi connectivity index (χ3v) is 2.62. The first-order chi connectivity index (χ1) is 7.11. The molecule has 4 heteroatoms. The summed E-state index contributed by atoms with van der Waals surface area (Å²) in [6, 6.07) is 7.50. The molecule has 0 aromatic heterocycles. The van der Waals surface area contributed by atoms with Gasteiger partial charge in [0.05, 0.1) is 0 Å². The highest BCUT2D eigenvalue weighted by molar-refractivity contribution is 9.10. The molecule has 0 aliphatic rings. The molecule has 1 rings (SSSR count). The second-order valence-electron chi connectivity index (χ2n) is 3.41. The third kappa shape index (κ3) is 4.34. The number of hydrogen-bond donors (Lipinski definition) is 2. The number of halogens is 1. The number of hydrogen-bond acceptors (Lipinski definition) is 1. The van der Waals surface area contributed by atoms with Gasteiger partial charge < -0.3 is 10.6 Å². The molecule has 1 unspecified atom stereocenters. The smallest absolute Gasteiger partial charge is 0.319 e. The molecule has 2 N–H and O–H groups in total. The van der Waals surface area contributed by atoms with Gasteiger partial charge in [-0.1, -0.05) is 22.9 Å². The Labute approximate surface area is 98.4 Å². The Morgan fingerprint density at radius 1 is 1.40 bits per heavy atom. The van der Waals surface area contributed by atoms with Crippen LogP contribution in [0, 0.1) is 0 Å². The van der Waals surface area contributed by atoms with Crippen molar-refractivity contribution in [3.63, 3.8) is 0 Å². The fraction of sp³-hybridized carbons (Fsp3) is 0.364. The highest BCUT2D eigenvalue weighted by atomic mass is 79.9. The summed E-state index contributed by atoms with van der Waals surface area (Å²) in [4.78, 5) is 11.4. The van der Waals surface area contributed by atoms with Crippen LogP contribution < -0.4 is 10.6 Å². The summed E-state index contributed by atoms with van der Waals surface area (Å²) in [5.74, 6) is 0. The Bertz CT molecular complexity index is 324. The number of carbonyl (C=O) groups excluding carboxylic acids is 1. The van der Waals surface area contributed by atoms with Gasteiger partial charge in [0.1, 0.15) is 0 Å². The van der Waals surface area contributed by atoms with E-state index in [0.717, 1.165) is 16.6 Å². The van der Waals surface area contributed by atoms with Crippen molar-refractivity contribution in [2.75, 3.05) is 5.32 Å². The van der Waals surface area contributed by atoms with Crippen LogP contribution in [-0.4, -0.2) is 12.1 Å². The summed E-state index contributed by atoms with van der Waals surface area (Å²) in [6.07, 6.45) is 0.924. The van der Waals surface area contributed by atoms with Gasteiger partial charge in [0.2, 0.25) is 0 Å². The molecule has 1 atom stereocenters. The van der Waals surface area contributed by atoms with Gasteiger partial charge in [-0.2, -0.15) is 0 Å². The zero-order valence-corrected chi connectivity index (χ0v) is 10.5. The van der Waals surface area contributed by atoms with Gasteiger partial charge in [-0.25, -0.2) is 4.79 Å². The average molecular weight is 271 g/mol. The highest BCUT2D eigenvalue weighted by Gasteiger charge is 2.04. The lowest BCUT2D eigenvalue weighted by atomic mass is 10.3. The second kappa shape index (κ2) is 5.75. The van der Waals surface area contributed by atoms with E-state index in [2.05, 4.69) is 26.6 Å². The van der Waals surface area contributed by atoms with Crippen molar-refractivity contribution in [2.45, 2.75) is 26.3 Å². The van der Waals surface area contributed by atoms with E-state index < -0.39 is 0 Å². The van der Waals surface area contributed by atoms with E-state index in [0.29, 0.717) is 0 Å². The summed E-state index contributed by atoms with van der Waals surface area (Å²) >= 11 is 3.33. The van der Waals surface area contributed by atoms with Crippen molar-refractivity contribution in [3.05, 3.63) is 28.7 Å². The molecule has 82 valence electrons. The molecule has 0 fully saturated rings. The summed E-state index contributed by atoms with van der Waals surface area (Å²) in [6.45, 7) is 4.01. The van der Waals surface area contributed by atoms with Crippen LogP contribution in [0.5, 0.6) is 0 Å². The van der Waals surface area contributed by atoms with Crippen LogP contribution in [-0.2, 0) is 0 Å². The van der Waals surface area contributed by atoms with E-state index in [1.165, 1.54) is 0 Å². The Morgan fingerprint density at radius 3 is 2.53 bits per heavy atom. The summed E-state index contributed by atoms with van der Waals surface area (Å²) < 4.78 is 0.996. The van der Waals surface area contributed by atoms with Crippen LogP contribution in [0.15, 0.2) is 28.7 Å². The Morgan fingerprint density at radius 2 is 2.00 bits per heavy atom. The highest BCUT2D eigenvalue weighted by Crippen LogP contribution is 2.13. The minimum atomic E-state index is -0.160. The van der Waals surface area contributed by atoms with Crippen LogP contribution >= 0.6 is 15.9 Å². The maximum atomic E-state index is 11.4. The first-order valence-corrected chi connectivity index (χ1v) is 5.74. The zero-order valence-electron chi connectivity index (χ0n) is 8.88. The third-order valence-electron chi connectivity index (χ3n) is 2.09. The molecule has 0 saturated carbocycles. The van der Waals surface area contributed by atoms with Crippen molar-refractivity contribution in [3.8, 4) is 0 Å². The van der Waals surface area contributed by atoms with E-state index in [-0.39, 0.29) is 12.1 Å². The monoisotopic (exact) mass is 270 g/mol. The Kier molecular flexibility index (Phi) is 4.62. The molecule has 2 amide bonds. The standard InChI is InChI=1S/C11H15BrN2O/c1-3-8(2)13-11(15)14-10-6-4-9(12)5-7-10/h4-8H,3H2,1-2H3,(H2,13,14,15). The predicted molar refractivity (Wildman–Crippen MR) is 66.0 cm³/mol. The molecule has 0 radical (unpaired) electrons. The lowest BCUT2D eigenvalue weighted by molar-refractivity contribution is 0.249. The van der Waals surface area contributed by atoms with Crippen molar-refractivity contribution in [1.82, 2.24) is 5.32 Å². The summed E-state index contributed by atoms with van der Waals surface area (Å²) in [5, 5.41) is 5.59. The molecular formula is C11H15BrN2O. The second-order valence-corrected chi connectivity index (χ2v) is 4.33. The van der Waals surface area contributed by atoms with Gasteiger partial charge >= 0.3 is 6.03 Å². The lowest BCUT2D eigenvalue weighted by Gasteiger charge is -2.12. The van der Waals surface area contributed by atoms with Gasteiger partial charge in [-0.05, 0) is 37.6 Å². The maximum Gasteiger partial charge on any atom is 0.319 e. The molecule has 0 heterocycles. The number of nitrogens with one attached hydrogen (secondary N) is 2. The van der Waals surface area contributed by atoms with E-state index in [9.17, 15) is 4.79 Å². The first kappa shape index (κ1) is 12.0. The number of urea groups is 1. The van der Waals surface area contributed by atoms with E-state index in [4.69, 9.17) is 0 Å². The minimum absolute atomic E-state index is 0.160. The Hall–Kier alpha value is -1.03. The molecule has 0 bridgehead atoms. The number of rotatable bonds is 3.